The normalized spacial score (nSPS) is 19.5. The van der Waals surface area contributed by atoms with Gasteiger partial charge in [0, 0.05) is 17.7 Å². The number of allylic oxidation sites excluding steroid dienone is 1. The van der Waals surface area contributed by atoms with Crippen LogP contribution in [0.1, 0.15) is 30.6 Å². The zero-order valence-electron chi connectivity index (χ0n) is 15.9. The number of nitrogens with one attached hydrogen (secondary N) is 1. The standard InChI is InChI=1S/C19H25N5O3/c1-13(2)8-11-27-17-9-10-26-12-16(17)20-19(25)15-6-4-14(5-7-15)18-21-23-24(3)22-18/h4-8,16-17H,9-12H2,1-3H3,(H,20,25)/t16-,17+/m0/s1. The Morgan fingerprint density at radius 1 is 1.37 bits per heavy atom. The SMILES string of the molecule is CC(C)=CCO[C@@H]1CCOC[C@@H]1NC(=O)c1ccc(-c2nnn(C)n2)cc1. The summed E-state index contributed by atoms with van der Waals surface area (Å²) >= 11 is 0. The lowest BCUT2D eigenvalue weighted by Crippen LogP contribution is -2.50. The molecule has 27 heavy (non-hydrogen) atoms. The molecule has 0 spiro atoms. The van der Waals surface area contributed by atoms with Gasteiger partial charge in [-0.3, -0.25) is 4.79 Å². The molecule has 8 nitrogen and oxygen atoms in total. The van der Waals surface area contributed by atoms with Gasteiger partial charge in [-0.2, -0.15) is 4.80 Å². The molecule has 1 saturated heterocycles. The maximum atomic E-state index is 12.6. The molecule has 1 N–H and O–H groups in total. The van der Waals surface area contributed by atoms with Gasteiger partial charge in [0.25, 0.3) is 5.91 Å². The quantitative estimate of drug-likeness (QED) is 0.778. The first-order valence-electron chi connectivity index (χ1n) is 9.01. The van der Waals surface area contributed by atoms with Crippen molar-refractivity contribution in [3.63, 3.8) is 0 Å². The summed E-state index contributed by atoms with van der Waals surface area (Å²) < 4.78 is 11.4. The molecule has 0 unspecified atom stereocenters. The zero-order chi connectivity index (χ0) is 19.2. The van der Waals surface area contributed by atoms with Crippen LogP contribution in [0.25, 0.3) is 11.4 Å². The number of hydrogen-bond donors (Lipinski definition) is 1. The minimum atomic E-state index is -0.168. The summed E-state index contributed by atoms with van der Waals surface area (Å²) in [4.78, 5) is 14.0. The van der Waals surface area contributed by atoms with Gasteiger partial charge in [-0.15, -0.1) is 10.2 Å². The van der Waals surface area contributed by atoms with Crippen molar-refractivity contribution in [1.82, 2.24) is 25.5 Å². The van der Waals surface area contributed by atoms with E-state index in [1.54, 1.807) is 19.2 Å². The number of nitrogens with zero attached hydrogens (tertiary/aromatic N) is 4. The van der Waals surface area contributed by atoms with E-state index >= 15 is 0 Å². The first kappa shape index (κ1) is 19.2. The molecule has 2 aromatic rings. The maximum Gasteiger partial charge on any atom is 0.251 e. The zero-order valence-corrected chi connectivity index (χ0v) is 15.9. The molecule has 2 atom stereocenters. The highest BCUT2D eigenvalue weighted by atomic mass is 16.5. The molecule has 0 saturated carbocycles. The van der Waals surface area contributed by atoms with Crippen LogP contribution >= 0.6 is 0 Å². The third-order valence-electron chi connectivity index (χ3n) is 4.32. The minimum Gasteiger partial charge on any atom is -0.379 e. The van der Waals surface area contributed by atoms with E-state index in [-0.39, 0.29) is 18.1 Å². The van der Waals surface area contributed by atoms with Crippen molar-refractivity contribution in [2.24, 2.45) is 7.05 Å². The predicted octanol–water partition coefficient (Wildman–Crippen LogP) is 1.75. The number of carbonyl (C=O) groups excluding carboxylic acids is 1. The van der Waals surface area contributed by atoms with Crippen LogP contribution in [0.2, 0.25) is 0 Å². The first-order chi connectivity index (χ1) is 13.0. The highest BCUT2D eigenvalue weighted by molar-refractivity contribution is 5.94. The van der Waals surface area contributed by atoms with Crippen LogP contribution in [0.3, 0.4) is 0 Å². The van der Waals surface area contributed by atoms with Crippen LogP contribution in [0.5, 0.6) is 0 Å². The number of carbonyl (C=O) groups is 1. The van der Waals surface area contributed by atoms with E-state index in [0.29, 0.717) is 31.2 Å². The average molecular weight is 371 g/mol. The van der Waals surface area contributed by atoms with Crippen molar-refractivity contribution in [2.75, 3.05) is 19.8 Å². The highest BCUT2D eigenvalue weighted by Gasteiger charge is 2.28. The molecular formula is C19H25N5O3. The van der Waals surface area contributed by atoms with Crippen LogP contribution < -0.4 is 5.32 Å². The maximum absolute atomic E-state index is 12.6. The Labute approximate surface area is 158 Å². The minimum absolute atomic E-state index is 0.0543. The number of aryl methyl sites for hydroxylation is 1. The summed E-state index contributed by atoms with van der Waals surface area (Å²) in [6, 6.07) is 6.96. The third-order valence-corrected chi connectivity index (χ3v) is 4.32. The van der Waals surface area contributed by atoms with Crippen molar-refractivity contribution in [2.45, 2.75) is 32.4 Å². The summed E-state index contributed by atoms with van der Waals surface area (Å²) in [5.74, 6) is 0.373. The highest BCUT2D eigenvalue weighted by Crippen LogP contribution is 2.16. The summed E-state index contributed by atoms with van der Waals surface area (Å²) in [7, 11) is 1.71. The van der Waals surface area contributed by atoms with Crippen LogP contribution in [-0.2, 0) is 16.5 Å². The van der Waals surface area contributed by atoms with E-state index in [0.717, 1.165) is 12.0 Å². The number of rotatable bonds is 6. The molecule has 1 fully saturated rings. The number of benzene rings is 1. The van der Waals surface area contributed by atoms with Crippen LogP contribution in [0.4, 0.5) is 0 Å². The molecule has 1 aromatic heterocycles. The lowest BCUT2D eigenvalue weighted by molar-refractivity contribution is -0.0457. The molecular weight excluding hydrogens is 346 g/mol. The Morgan fingerprint density at radius 3 is 2.81 bits per heavy atom. The molecule has 144 valence electrons. The molecule has 3 rings (SSSR count). The Balaban J connectivity index is 1.61. The molecule has 1 aliphatic heterocycles. The lowest BCUT2D eigenvalue weighted by atomic mass is 10.1. The summed E-state index contributed by atoms with van der Waals surface area (Å²) in [5, 5.41) is 15.0. The van der Waals surface area contributed by atoms with Gasteiger partial charge in [-0.1, -0.05) is 23.8 Å². The van der Waals surface area contributed by atoms with Gasteiger partial charge < -0.3 is 14.8 Å². The Bertz CT molecular complexity index is 796. The van der Waals surface area contributed by atoms with E-state index < -0.39 is 0 Å². The number of aromatic nitrogens is 4. The van der Waals surface area contributed by atoms with Gasteiger partial charge in [0.05, 0.1) is 32.4 Å². The second kappa shape index (κ2) is 8.88. The third kappa shape index (κ3) is 5.21. The number of tetrazole rings is 1. The fraction of sp³-hybridized carbons (Fsp3) is 0.474. The monoisotopic (exact) mass is 371 g/mol. The van der Waals surface area contributed by atoms with E-state index in [9.17, 15) is 4.79 Å². The van der Waals surface area contributed by atoms with E-state index in [2.05, 4.69) is 20.7 Å². The Kier molecular flexibility index (Phi) is 6.31. The Morgan fingerprint density at radius 2 is 2.15 bits per heavy atom. The van der Waals surface area contributed by atoms with Gasteiger partial charge in [0.15, 0.2) is 0 Å². The van der Waals surface area contributed by atoms with Crippen molar-refractivity contribution in [3.05, 3.63) is 41.5 Å². The number of hydrogen-bond acceptors (Lipinski definition) is 6. The van der Waals surface area contributed by atoms with Crippen LogP contribution in [0, 0.1) is 0 Å². The van der Waals surface area contributed by atoms with Gasteiger partial charge in [-0.25, -0.2) is 0 Å². The smallest absolute Gasteiger partial charge is 0.251 e. The molecule has 0 radical (unpaired) electrons. The van der Waals surface area contributed by atoms with Gasteiger partial charge in [0.1, 0.15) is 0 Å². The fourth-order valence-corrected chi connectivity index (χ4v) is 2.81. The van der Waals surface area contributed by atoms with Crippen LogP contribution in [0.15, 0.2) is 35.9 Å². The topological polar surface area (TPSA) is 91.2 Å². The van der Waals surface area contributed by atoms with Gasteiger partial charge in [-0.05, 0) is 37.6 Å². The number of amides is 1. The van der Waals surface area contributed by atoms with E-state index in [1.165, 1.54) is 10.4 Å². The van der Waals surface area contributed by atoms with E-state index in [4.69, 9.17) is 9.47 Å². The second-order valence-electron chi connectivity index (χ2n) is 6.78. The lowest BCUT2D eigenvalue weighted by Gasteiger charge is -2.31. The number of ether oxygens (including phenoxy) is 2. The molecule has 0 bridgehead atoms. The van der Waals surface area contributed by atoms with Gasteiger partial charge >= 0.3 is 0 Å². The van der Waals surface area contributed by atoms with E-state index in [1.807, 2.05) is 32.1 Å². The van der Waals surface area contributed by atoms with Crippen molar-refractivity contribution >= 4 is 5.91 Å². The fourth-order valence-electron chi connectivity index (χ4n) is 2.81. The largest absolute Gasteiger partial charge is 0.379 e. The molecule has 1 amide bonds. The Hall–Kier alpha value is -2.58. The molecule has 2 heterocycles. The molecule has 8 heteroatoms. The molecule has 1 aromatic carbocycles. The second-order valence-corrected chi connectivity index (χ2v) is 6.78. The van der Waals surface area contributed by atoms with Gasteiger partial charge in [0.2, 0.25) is 5.82 Å². The summed E-state index contributed by atoms with van der Waals surface area (Å²) in [5.41, 5.74) is 2.58. The first-order valence-corrected chi connectivity index (χ1v) is 9.01. The average Bonchev–Trinajstić information content (AvgIpc) is 3.09. The molecule has 0 aliphatic carbocycles. The van der Waals surface area contributed by atoms with Crippen molar-refractivity contribution < 1.29 is 14.3 Å². The summed E-state index contributed by atoms with van der Waals surface area (Å²) in [6.45, 7) is 5.71. The predicted molar refractivity (Wildman–Crippen MR) is 100 cm³/mol. The van der Waals surface area contributed by atoms with Crippen molar-refractivity contribution in [3.8, 4) is 11.4 Å². The van der Waals surface area contributed by atoms with Crippen LogP contribution in [-0.4, -0.2) is 58.1 Å². The molecule has 1 aliphatic rings. The van der Waals surface area contributed by atoms with Crippen molar-refractivity contribution in [1.29, 1.82) is 0 Å². The summed E-state index contributed by atoms with van der Waals surface area (Å²) in [6.07, 6.45) is 2.74.